The number of methoxy groups -OCH3 is 1. The summed E-state index contributed by atoms with van der Waals surface area (Å²) in [5.41, 5.74) is 1.45. The van der Waals surface area contributed by atoms with E-state index < -0.39 is 0 Å². The maximum absolute atomic E-state index is 12.7. The summed E-state index contributed by atoms with van der Waals surface area (Å²) in [5, 5.41) is 3.18. The zero-order chi connectivity index (χ0) is 12.8. The molecule has 2 aromatic heterocycles. The molecule has 0 radical (unpaired) electrons. The van der Waals surface area contributed by atoms with Crippen LogP contribution in [0.2, 0.25) is 0 Å². The Bertz CT molecular complexity index is 483. The number of aromatic nitrogens is 3. The second-order valence-corrected chi connectivity index (χ2v) is 3.77. The van der Waals surface area contributed by atoms with Crippen molar-refractivity contribution in [2.75, 3.05) is 20.3 Å². The maximum atomic E-state index is 12.7. The number of halogens is 1. The van der Waals surface area contributed by atoms with Gasteiger partial charge in [-0.15, -0.1) is 0 Å². The van der Waals surface area contributed by atoms with E-state index in [4.69, 9.17) is 4.74 Å². The number of aromatic amines is 1. The Morgan fingerprint density at radius 3 is 2.94 bits per heavy atom. The lowest BCUT2D eigenvalue weighted by Crippen LogP contribution is -2.19. The first kappa shape index (κ1) is 12.7. The number of pyridine rings is 1. The quantitative estimate of drug-likeness (QED) is 0.760. The topological polar surface area (TPSA) is 62.8 Å². The molecule has 0 saturated carbocycles. The normalized spacial score (nSPS) is 10.8. The summed E-state index contributed by atoms with van der Waals surface area (Å²) in [5.74, 6) is 0.465. The number of hydrogen-bond acceptors (Lipinski definition) is 4. The first-order valence-corrected chi connectivity index (χ1v) is 5.65. The zero-order valence-corrected chi connectivity index (χ0v) is 10.1. The molecule has 2 rings (SSSR count). The van der Waals surface area contributed by atoms with Gasteiger partial charge in [0, 0.05) is 13.7 Å². The van der Waals surface area contributed by atoms with Gasteiger partial charge in [0.1, 0.15) is 11.6 Å². The Hall–Kier alpha value is -1.79. The first-order valence-electron chi connectivity index (χ1n) is 5.65. The summed E-state index contributed by atoms with van der Waals surface area (Å²) in [4.78, 5) is 11.3. The van der Waals surface area contributed by atoms with Crippen molar-refractivity contribution in [3.05, 3.63) is 36.2 Å². The van der Waals surface area contributed by atoms with E-state index >= 15 is 0 Å². The Balaban J connectivity index is 1.95. The van der Waals surface area contributed by atoms with E-state index in [0.29, 0.717) is 18.8 Å². The molecule has 0 atom stereocenters. The molecule has 0 fully saturated rings. The standard InChI is InChI=1S/C12H15FN4O/c1-18-5-4-14-8-12-16-7-11(17-12)10-3-2-9(13)6-15-10/h2-3,6-7,14H,4-5,8H2,1H3,(H,16,17). The van der Waals surface area contributed by atoms with E-state index in [1.165, 1.54) is 12.3 Å². The summed E-state index contributed by atoms with van der Waals surface area (Å²) in [7, 11) is 1.66. The highest BCUT2D eigenvalue weighted by atomic mass is 19.1. The molecule has 0 aliphatic rings. The fourth-order valence-corrected chi connectivity index (χ4v) is 1.50. The van der Waals surface area contributed by atoms with Crippen LogP contribution in [0.1, 0.15) is 5.82 Å². The molecule has 96 valence electrons. The molecule has 6 heteroatoms. The molecule has 0 saturated heterocycles. The van der Waals surface area contributed by atoms with Gasteiger partial charge in [-0.3, -0.25) is 4.98 Å². The molecule has 0 amide bonds. The van der Waals surface area contributed by atoms with E-state index in [9.17, 15) is 4.39 Å². The highest BCUT2D eigenvalue weighted by Gasteiger charge is 2.04. The molecule has 0 spiro atoms. The Morgan fingerprint density at radius 1 is 1.33 bits per heavy atom. The largest absolute Gasteiger partial charge is 0.383 e. The van der Waals surface area contributed by atoms with Gasteiger partial charge in [0.25, 0.3) is 0 Å². The van der Waals surface area contributed by atoms with Gasteiger partial charge in [0.2, 0.25) is 0 Å². The van der Waals surface area contributed by atoms with Crippen LogP contribution in [0, 0.1) is 5.82 Å². The average molecular weight is 250 g/mol. The van der Waals surface area contributed by atoms with Gasteiger partial charge in [0.05, 0.1) is 36.9 Å². The Morgan fingerprint density at radius 2 is 2.22 bits per heavy atom. The van der Waals surface area contributed by atoms with Crippen LogP contribution in [-0.2, 0) is 11.3 Å². The van der Waals surface area contributed by atoms with Crippen LogP contribution in [0.4, 0.5) is 4.39 Å². The zero-order valence-electron chi connectivity index (χ0n) is 10.1. The lowest BCUT2D eigenvalue weighted by molar-refractivity contribution is 0.199. The van der Waals surface area contributed by atoms with Crippen LogP contribution in [0.3, 0.4) is 0 Å². The van der Waals surface area contributed by atoms with E-state index in [2.05, 4.69) is 20.3 Å². The minimum absolute atomic E-state index is 0.347. The second kappa shape index (κ2) is 6.23. The highest BCUT2D eigenvalue weighted by molar-refractivity contribution is 5.52. The number of imidazole rings is 1. The number of nitrogens with one attached hydrogen (secondary N) is 2. The summed E-state index contributed by atoms with van der Waals surface area (Å²) in [6.45, 7) is 2.05. The highest BCUT2D eigenvalue weighted by Crippen LogP contribution is 2.13. The molecular weight excluding hydrogens is 235 g/mol. The minimum Gasteiger partial charge on any atom is -0.383 e. The van der Waals surface area contributed by atoms with Crippen molar-refractivity contribution < 1.29 is 9.13 Å². The molecule has 0 aliphatic heterocycles. The number of H-pyrrole nitrogens is 1. The van der Waals surface area contributed by atoms with E-state index in [1.54, 1.807) is 19.4 Å². The SMILES string of the molecule is COCCNCc1ncc(-c2ccc(F)cn2)[nH]1. The Kier molecular flexibility index (Phi) is 4.38. The van der Waals surface area contributed by atoms with Gasteiger partial charge < -0.3 is 15.0 Å². The molecule has 0 aromatic carbocycles. The Labute approximate surface area is 104 Å². The third-order valence-corrected chi connectivity index (χ3v) is 2.41. The fraction of sp³-hybridized carbons (Fsp3) is 0.333. The number of rotatable bonds is 6. The molecular formula is C12H15FN4O. The molecule has 2 heterocycles. The minimum atomic E-state index is -0.347. The average Bonchev–Trinajstić information content (AvgIpc) is 2.84. The summed E-state index contributed by atoms with van der Waals surface area (Å²) in [6, 6.07) is 2.99. The van der Waals surface area contributed by atoms with Crippen LogP contribution in [-0.4, -0.2) is 35.2 Å². The smallest absolute Gasteiger partial charge is 0.141 e. The summed E-state index contributed by atoms with van der Waals surface area (Å²) >= 11 is 0. The second-order valence-electron chi connectivity index (χ2n) is 3.77. The number of ether oxygens (including phenoxy) is 1. The number of hydrogen-bond donors (Lipinski definition) is 2. The predicted molar refractivity (Wildman–Crippen MR) is 65.4 cm³/mol. The van der Waals surface area contributed by atoms with Crippen LogP contribution in [0.25, 0.3) is 11.4 Å². The molecule has 0 bridgehead atoms. The van der Waals surface area contributed by atoms with Crippen LogP contribution < -0.4 is 5.32 Å². The third-order valence-electron chi connectivity index (χ3n) is 2.41. The third kappa shape index (κ3) is 3.35. The van der Waals surface area contributed by atoms with E-state index in [0.717, 1.165) is 18.1 Å². The van der Waals surface area contributed by atoms with Crippen LogP contribution >= 0.6 is 0 Å². The van der Waals surface area contributed by atoms with E-state index in [1.807, 2.05) is 0 Å². The lowest BCUT2D eigenvalue weighted by Gasteiger charge is -2.00. The van der Waals surface area contributed by atoms with Gasteiger partial charge in [0.15, 0.2) is 0 Å². The number of nitrogens with zero attached hydrogens (tertiary/aromatic N) is 2. The van der Waals surface area contributed by atoms with Crippen molar-refractivity contribution in [2.45, 2.75) is 6.54 Å². The van der Waals surface area contributed by atoms with Gasteiger partial charge in [-0.05, 0) is 12.1 Å². The fourth-order valence-electron chi connectivity index (χ4n) is 1.50. The van der Waals surface area contributed by atoms with Gasteiger partial charge >= 0.3 is 0 Å². The maximum Gasteiger partial charge on any atom is 0.141 e. The van der Waals surface area contributed by atoms with E-state index in [-0.39, 0.29) is 5.82 Å². The van der Waals surface area contributed by atoms with Crippen LogP contribution in [0.5, 0.6) is 0 Å². The van der Waals surface area contributed by atoms with Crippen molar-refractivity contribution in [3.8, 4) is 11.4 Å². The van der Waals surface area contributed by atoms with Crippen molar-refractivity contribution in [1.82, 2.24) is 20.3 Å². The van der Waals surface area contributed by atoms with Crippen molar-refractivity contribution >= 4 is 0 Å². The van der Waals surface area contributed by atoms with Gasteiger partial charge in [-0.1, -0.05) is 0 Å². The van der Waals surface area contributed by atoms with Crippen molar-refractivity contribution in [1.29, 1.82) is 0 Å². The van der Waals surface area contributed by atoms with Crippen molar-refractivity contribution in [3.63, 3.8) is 0 Å². The summed E-state index contributed by atoms with van der Waals surface area (Å²) < 4.78 is 17.7. The first-order chi connectivity index (χ1) is 8.79. The van der Waals surface area contributed by atoms with Crippen LogP contribution in [0.15, 0.2) is 24.5 Å². The molecule has 2 aromatic rings. The molecule has 5 nitrogen and oxygen atoms in total. The molecule has 0 unspecified atom stereocenters. The monoisotopic (exact) mass is 250 g/mol. The molecule has 0 aliphatic carbocycles. The molecule has 18 heavy (non-hydrogen) atoms. The van der Waals surface area contributed by atoms with Crippen molar-refractivity contribution in [2.24, 2.45) is 0 Å². The summed E-state index contributed by atoms with van der Waals surface area (Å²) in [6.07, 6.45) is 2.88. The predicted octanol–water partition coefficient (Wildman–Crippen LogP) is 1.35. The van der Waals surface area contributed by atoms with Gasteiger partial charge in [-0.2, -0.15) is 0 Å². The lowest BCUT2D eigenvalue weighted by atomic mass is 10.3. The molecule has 2 N–H and O–H groups in total. The van der Waals surface area contributed by atoms with Gasteiger partial charge in [-0.25, -0.2) is 9.37 Å².